The van der Waals surface area contributed by atoms with Crippen molar-refractivity contribution in [3.8, 4) is 22.8 Å². The van der Waals surface area contributed by atoms with Gasteiger partial charge in [0.15, 0.2) is 5.52 Å². The van der Waals surface area contributed by atoms with Crippen molar-refractivity contribution in [2.24, 2.45) is 0 Å². The average Bonchev–Trinajstić information content (AvgIpc) is 3.45. The fraction of sp³-hybridized carbons (Fsp3) is 0.160. The third-order valence-electron chi connectivity index (χ3n) is 5.80. The van der Waals surface area contributed by atoms with Crippen molar-refractivity contribution in [3.05, 3.63) is 93.6 Å². The summed E-state index contributed by atoms with van der Waals surface area (Å²) >= 11 is 6.00. The highest BCUT2D eigenvalue weighted by Gasteiger charge is 2.17. The second kappa shape index (κ2) is 8.46. The summed E-state index contributed by atoms with van der Waals surface area (Å²) in [4.78, 5) is 25.3. The lowest BCUT2D eigenvalue weighted by atomic mass is 10.1. The fourth-order valence-corrected chi connectivity index (χ4v) is 4.26. The first-order chi connectivity index (χ1) is 16.3. The third kappa shape index (κ3) is 3.86. The largest absolute Gasteiger partial charge is 0.495 e. The molecule has 0 saturated heterocycles. The summed E-state index contributed by atoms with van der Waals surface area (Å²) < 4.78 is 22.8. The first kappa shape index (κ1) is 21.9. The van der Waals surface area contributed by atoms with Crippen molar-refractivity contribution >= 4 is 22.6 Å². The molecule has 5 rings (SSSR count). The van der Waals surface area contributed by atoms with Crippen molar-refractivity contribution in [2.75, 3.05) is 7.11 Å². The van der Waals surface area contributed by atoms with Crippen LogP contribution < -0.4 is 10.3 Å². The molecule has 0 radical (unpaired) electrons. The van der Waals surface area contributed by atoms with Gasteiger partial charge in [0.25, 0.3) is 5.56 Å². The molecule has 0 aliphatic carbocycles. The lowest BCUT2D eigenvalue weighted by Gasteiger charge is -2.15. The summed E-state index contributed by atoms with van der Waals surface area (Å²) in [5, 5.41) is 0.279. The summed E-state index contributed by atoms with van der Waals surface area (Å²) in [6.45, 7) is 3.73. The van der Waals surface area contributed by atoms with Crippen LogP contribution in [0.4, 0.5) is 4.39 Å². The number of aromatic amines is 1. The standard InChI is InChI=1S/C25H21ClFN5O2/c1-14-12-31(13-28-14)21-5-4-16(10-22(21)34-3)24-29-20-6-7-32(25(33)23(20)30-24)15(2)17-8-18(26)11-19(27)9-17/h4-13,15H,1-3H3,(H,29,30). The zero-order chi connectivity index (χ0) is 24.0. The van der Waals surface area contributed by atoms with Gasteiger partial charge in [0, 0.05) is 23.0 Å². The molecule has 1 N–H and O–H groups in total. The van der Waals surface area contributed by atoms with Gasteiger partial charge in [-0.15, -0.1) is 0 Å². The molecule has 1 unspecified atom stereocenters. The molecule has 2 aromatic carbocycles. The van der Waals surface area contributed by atoms with Crippen molar-refractivity contribution < 1.29 is 9.13 Å². The van der Waals surface area contributed by atoms with E-state index in [0.717, 1.165) is 16.9 Å². The SMILES string of the molecule is COc1cc(-c2nc3c(=O)n(C(C)c4cc(F)cc(Cl)c4)ccc3[nH]2)ccc1-n1cnc(C)c1. The Morgan fingerprint density at radius 3 is 2.71 bits per heavy atom. The molecule has 5 aromatic rings. The molecule has 3 aromatic heterocycles. The zero-order valence-corrected chi connectivity index (χ0v) is 19.5. The van der Waals surface area contributed by atoms with E-state index in [1.165, 1.54) is 16.7 Å². The quantitative estimate of drug-likeness (QED) is 0.373. The van der Waals surface area contributed by atoms with Crippen LogP contribution in [0.25, 0.3) is 28.1 Å². The Balaban J connectivity index is 1.55. The lowest BCUT2D eigenvalue weighted by molar-refractivity contribution is 0.413. The van der Waals surface area contributed by atoms with Crippen LogP contribution in [0.3, 0.4) is 0 Å². The highest BCUT2D eigenvalue weighted by atomic mass is 35.5. The molecular weight excluding hydrogens is 457 g/mol. The Hall–Kier alpha value is -3.91. The minimum atomic E-state index is -0.450. The number of imidazole rings is 2. The van der Waals surface area contributed by atoms with E-state index in [4.69, 9.17) is 16.3 Å². The number of pyridine rings is 1. The number of hydrogen-bond acceptors (Lipinski definition) is 4. The van der Waals surface area contributed by atoms with Crippen molar-refractivity contribution in [1.29, 1.82) is 0 Å². The van der Waals surface area contributed by atoms with Gasteiger partial charge in [-0.25, -0.2) is 14.4 Å². The molecule has 0 saturated carbocycles. The monoisotopic (exact) mass is 477 g/mol. The average molecular weight is 478 g/mol. The van der Waals surface area contributed by atoms with Crippen LogP contribution in [0.5, 0.6) is 5.75 Å². The summed E-state index contributed by atoms with van der Waals surface area (Å²) in [6, 6.07) is 11.3. The summed E-state index contributed by atoms with van der Waals surface area (Å²) in [5.74, 6) is 0.733. The topological polar surface area (TPSA) is 77.7 Å². The van der Waals surface area contributed by atoms with Gasteiger partial charge in [0.2, 0.25) is 0 Å². The molecular formula is C25H21ClFN5O2. The Morgan fingerprint density at radius 1 is 1.18 bits per heavy atom. The molecule has 3 heterocycles. The number of H-pyrrole nitrogens is 1. The number of ether oxygens (including phenoxy) is 1. The van der Waals surface area contributed by atoms with E-state index in [9.17, 15) is 9.18 Å². The predicted octanol–water partition coefficient (Wildman–Crippen LogP) is 5.30. The molecule has 7 nitrogen and oxygen atoms in total. The summed E-state index contributed by atoms with van der Waals surface area (Å²) in [7, 11) is 1.60. The second-order valence-electron chi connectivity index (χ2n) is 8.06. The number of fused-ring (bicyclic) bond motifs is 1. The minimum absolute atomic E-state index is 0.279. The van der Waals surface area contributed by atoms with Gasteiger partial charge in [-0.1, -0.05) is 11.6 Å². The van der Waals surface area contributed by atoms with Crippen molar-refractivity contribution in [1.82, 2.24) is 24.1 Å². The summed E-state index contributed by atoms with van der Waals surface area (Å²) in [5.41, 5.74) is 3.71. The normalized spacial score (nSPS) is 12.3. The molecule has 9 heteroatoms. The van der Waals surface area contributed by atoms with E-state index in [1.807, 2.05) is 42.8 Å². The van der Waals surface area contributed by atoms with Gasteiger partial charge in [-0.2, -0.15) is 0 Å². The van der Waals surface area contributed by atoms with Crippen LogP contribution in [0.15, 0.2) is 66.0 Å². The van der Waals surface area contributed by atoms with Gasteiger partial charge >= 0.3 is 0 Å². The Kier molecular flexibility index (Phi) is 5.45. The van der Waals surface area contributed by atoms with Gasteiger partial charge in [-0.3, -0.25) is 4.79 Å². The van der Waals surface area contributed by atoms with Crippen LogP contribution in [-0.2, 0) is 0 Å². The van der Waals surface area contributed by atoms with E-state index in [0.29, 0.717) is 28.2 Å². The number of aromatic nitrogens is 5. The molecule has 1 atom stereocenters. The molecule has 0 bridgehead atoms. The van der Waals surface area contributed by atoms with Crippen LogP contribution in [0.2, 0.25) is 5.02 Å². The van der Waals surface area contributed by atoms with E-state index in [1.54, 1.807) is 31.8 Å². The maximum absolute atomic E-state index is 13.8. The van der Waals surface area contributed by atoms with E-state index < -0.39 is 11.9 Å². The number of aryl methyl sites for hydroxylation is 1. The molecule has 0 amide bonds. The van der Waals surface area contributed by atoms with Crippen LogP contribution in [0, 0.1) is 12.7 Å². The second-order valence-corrected chi connectivity index (χ2v) is 8.50. The van der Waals surface area contributed by atoms with Crippen LogP contribution in [0.1, 0.15) is 24.2 Å². The predicted molar refractivity (Wildman–Crippen MR) is 129 cm³/mol. The van der Waals surface area contributed by atoms with Gasteiger partial charge < -0.3 is 18.9 Å². The Bertz CT molecular complexity index is 1570. The first-order valence-electron chi connectivity index (χ1n) is 10.6. The van der Waals surface area contributed by atoms with Gasteiger partial charge in [-0.05, 0) is 61.9 Å². The number of nitrogens with one attached hydrogen (secondary N) is 1. The number of methoxy groups -OCH3 is 1. The van der Waals surface area contributed by atoms with Gasteiger partial charge in [0.05, 0.1) is 36.4 Å². The maximum atomic E-state index is 13.8. The highest BCUT2D eigenvalue weighted by molar-refractivity contribution is 6.30. The molecule has 172 valence electrons. The molecule has 0 aliphatic rings. The number of hydrogen-bond donors (Lipinski definition) is 1. The third-order valence-corrected chi connectivity index (χ3v) is 6.02. The number of nitrogens with zero attached hydrogens (tertiary/aromatic N) is 4. The number of rotatable bonds is 5. The van der Waals surface area contributed by atoms with E-state index >= 15 is 0 Å². The van der Waals surface area contributed by atoms with E-state index in [2.05, 4.69) is 15.0 Å². The first-order valence-corrected chi connectivity index (χ1v) is 11.0. The smallest absolute Gasteiger partial charge is 0.279 e. The van der Waals surface area contributed by atoms with E-state index in [-0.39, 0.29) is 10.6 Å². The summed E-state index contributed by atoms with van der Waals surface area (Å²) in [6.07, 6.45) is 5.30. The van der Waals surface area contributed by atoms with Gasteiger partial charge in [0.1, 0.15) is 17.4 Å². The lowest BCUT2D eigenvalue weighted by Crippen LogP contribution is -2.23. The molecule has 0 spiro atoms. The molecule has 34 heavy (non-hydrogen) atoms. The maximum Gasteiger partial charge on any atom is 0.279 e. The van der Waals surface area contributed by atoms with Crippen LogP contribution in [-0.4, -0.2) is 31.2 Å². The Labute approximate surface area is 199 Å². The van der Waals surface area contributed by atoms with Crippen LogP contribution >= 0.6 is 11.6 Å². The number of halogens is 2. The molecule has 0 aliphatic heterocycles. The van der Waals surface area contributed by atoms with Crippen molar-refractivity contribution in [3.63, 3.8) is 0 Å². The highest BCUT2D eigenvalue weighted by Crippen LogP contribution is 2.30. The Morgan fingerprint density at radius 2 is 2.00 bits per heavy atom. The molecule has 0 fully saturated rings. The minimum Gasteiger partial charge on any atom is -0.495 e. The van der Waals surface area contributed by atoms with Crippen molar-refractivity contribution in [2.45, 2.75) is 19.9 Å². The fourth-order valence-electron chi connectivity index (χ4n) is 4.03. The zero-order valence-electron chi connectivity index (χ0n) is 18.7. The number of benzene rings is 2.